The first-order chi connectivity index (χ1) is 18.5. The van der Waals surface area contributed by atoms with E-state index in [2.05, 4.69) is 15.6 Å². The van der Waals surface area contributed by atoms with Crippen LogP contribution in [0.2, 0.25) is 0 Å². The Morgan fingerprint density at radius 1 is 1.08 bits per heavy atom. The first kappa shape index (κ1) is 25.4. The topological polar surface area (TPSA) is 80.7 Å². The van der Waals surface area contributed by atoms with Crippen LogP contribution in [0.1, 0.15) is 23.5 Å². The standard InChI is InChI=1S/C28H26FN5O3S/c1-36-17-25(35)31-22-16-20(12-13-24(22)37-2)34-27(26(32-28(34)38)21-6-3-4-14-30-21)23-7-5-15-33(23)19-10-8-18(29)9-11-19/h3-16,26-27H,17H2,1-2H3,(H,31,35)(H,32,38)/t26-,27-/m0/s1. The molecule has 0 bridgehead atoms. The molecule has 4 aromatic rings. The van der Waals surface area contributed by atoms with Crippen molar-refractivity contribution < 1.29 is 18.7 Å². The van der Waals surface area contributed by atoms with E-state index in [-0.39, 0.29) is 30.4 Å². The molecule has 1 aliphatic heterocycles. The summed E-state index contributed by atoms with van der Waals surface area (Å²) in [6.07, 6.45) is 3.68. The van der Waals surface area contributed by atoms with Gasteiger partial charge in [-0.1, -0.05) is 6.07 Å². The number of carbonyl (C=O) groups is 1. The summed E-state index contributed by atoms with van der Waals surface area (Å²) in [4.78, 5) is 18.9. The minimum Gasteiger partial charge on any atom is -0.495 e. The number of anilines is 2. The number of methoxy groups -OCH3 is 2. The fraction of sp³-hybridized carbons (Fsp3) is 0.179. The van der Waals surface area contributed by atoms with Gasteiger partial charge in [-0.25, -0.2) is 4.39 Å². The third-order valence-electron chi connectivity index (χ3n) is 6.30. The molecule has 0 spiro atoms. The van der Waals surface area contributed by atoms with Crippen LogP contribution in [0.15, 0.2) is 85.2 Å². The second kappa shape index (κ2) is 11.0. The van der Waals surface area contributed by atoms with E-state index in [0.29, 0.717) is 16.5 Å². The van der Waals surface area contributed by atoms with Crippen molar-refractivity contribution in [3.05, 3.63) is 102 Å². The van der Waals surface area contributed by atoms with Gasteiger partial charge in [-0.3, -0.25) is 9.78 Å². The summed E-state index contributed by atoms with van der Waals surface area (Å²) >= 11 is 5.85. The largest absolute Gasteiger partial charge is 0.495 e. The van der Waals surface area contributed by atoms with Crippen molar-refractivity contribution in [1.82, 2.24) is 14.9 Å². The predicted molar refractivity (Wildman–Crippen MR) is 147 cm³/mol. The van der Waals surface area contributed by atoms with Crippen molar-refractivity contribution in [2.75, 3.05) is 31.0 Å². The number of amides is 1. The highest BCUT2D eigenvalue weighted by Crippen LogP contribution is 2.43. The molecule has 3 heterocycles. The lowest BCUT2D eigenvalue weighted by Crippen LogP contribution is -2.30. The SMILES string of the molecule is COCC(=O)Nc1cc(N2C(=S)N[C@@H](c3ccccn3)[C@@H]2c2cccn2-c2ccc(F)cc2)ccc1OC. The molecule has 2 aromatic heterocycles. The molecule has 5 rings (SSSR count). The lowest BCUT2D eigenvalue weighted by molar-refractivity contribution is -0.119. The quantitative estimate of drug-likeness (QED) is 0.317. The van der Waals surface area contributed by atoms with Gasteiger partial charge in [0.2, 0.25) is 5.91 Å². The van der Waals surface area contributed by atoms with Gasteiger partial charge in [0.15, 0.2) is 5.11 Å². The Morgan fingerprint density at radius 2 is 1.87 bits per heavy atom. The lowest BCUT2D eigenvalue weighted by atomic mass is 10.0. The molecule has 8 nitrogen and oxygen atoms in total. The summed E-state index contributed by atoms with van der Waals surface area (Å²) in [6, 6.07) is 20.9. The molecule has 1 aliphatic rings. The van der Waals surface area contributed by atoms with Gasteiger partial charge in [0.05, 0.1) is 24.5 Å². The Morgan fingerprint density at radius 3 is 2.58 bits per heavy atom. The summed E-state index contributed by atoms with van der Waals surface area (Å²) in [5.41, 5.74) is 3.78. The van der Waals surface area contributed by atoms with Crippen molar-refractivity contribution >= 4 is 34.6 Å². The number of ether oxygens (including phenoxy) is 2. The number of aromatic nitrogens is 2. The summed E-state index contributed by atoms with van der Waals surface area (Å²) in [6.45, 7) is -0.0907. The number of benzene rings is 2. The highest BCUT2D eigenvalue weighted by atomic mass is 32.1. The van der Waals surface area contributed by atoms with Crippen LogP contribution in [-0.4, -0.2) is 41.4 Å². The van der Waals surface area contributed by atoms with Crippen LogP contribution in [0.5, 0.6) is 5.75 Å². The fourth-order valence-corrected chi connectivity index (χ4v) is 5.01. The first-order valence-electron chi connectivity index (χ1n) is 11.9. The summed E-state index contributed by atoms with van der Waals surface area (Å²) in [7, 11) is 3.00. The second-order valence-electron chi connectivity index (χ2n) is 8.64. The van der Waals surface area contributed by atoms with E-state index in [1.165, 1.54) is 19.2 Å². The number of nitrogens with one attached hydrogen (secondary N) is 2. The molecule has 0 saturated carbocycles. The molecular weight excluding hydrogens is 505 g/mol. The molecule has 1 saturated heterocycles. The zero-order valence-corrected chi connectivity index (χ0v) is 21.6. The van der Waals surface area contributed by atoms with Gasteiger partial charge in [-0.05, 0) is 78.9 Å². The summed E-state index contributed by atoms with van der Waals surface area (Å²) in [5, 5.41) is 6.78. The number of thiocarbonyl (C=S) groups is 1. The number of hydrogen-bond acceptors (Lipinski definition) is 5. The van der Waals surface area contributed by atoms with E-state index in [4.69, 9.17) is 21.7 Å². The Labute approximate surface area is 225 Å². The van der Waals surface area contributed by atoms with Crippen LogP contribution < -0.4 is 20.3 Å². The summed E-state index contributed by atoms with van der Waals surface area (Å²) < 4.78 is 26.1. The van der Waals surface area contributed by atoms with Crippen LogP contribution >= 0.6 is 12.2 Å². The molecule has 38 heavy (non-hydrogen) atoms. The summed E-state index contributed by atoms with van der Waals surface area (Å²) in [5.74, 6) is -0.109. The van der Waals surface area contributed by atoms with Crippen molar-refractivity contribution in [3.8, 4) is 11.4 Å². The Kier molecular flexibility index (Phi) is 7.34. The van der Waals surface area contributed by atoms with Crippen LogP contribution in [0.4, 0.5) is 15.8 Å². The van der Waals surface area contributed by atoms with Gasteiger partial charge in [0.1, 0.15) is 24.2 Å². The highest BCUT2D eigenvalue weighted by molar-refractivity contribution is 7.80. The van der Waals surface area contributed by atoms with Crippen LogP contribution in [0.25, 0.3) is 5.69 Å². The van der Waals surface area contributed by atoms with E-state index in [9.17, 15) is 9.18 Å². The Bertz CT molecular complexity index is 1440. The molecule has 0 radical (unpaired) electrons. The molecule has 2 aromatic carbocycles. The minimum absolute atomic E-state index is 0.0907. The highest BCUT2D eigenvalue weighted by Gasteiger charge is 2.42. The van der Waals surface area contributed by atoms with Gasteiger partial charge in [-0.2, -0.15) is 0 Å². The molecular formula is C28H26FN5O3S. The minimum atomic E-state index is -0.326. The predicted octanol–water partition coefficient (Wildman–Crippen LogP) is 4.78. The first-order valence-corrected chi connectivity index (χ1v) is 12.3. The number of rotatable bonds is 8. The van der Waals surface area contributed by atoms with Crippen LogP contribution in [0.3, 0.4) is 0 Å². The van der Waals surface area contributed by atoms with Crippen molar-refractivity contribution in [1.29, 1.82) is 0 Å². The Balaban J connectivity index is 1.62. The second-order valence-corrected chi connectivity index (χ2v) is 9.03. The Hall–Kier alpha value is -4.28. The third kappa shape index (κ3) is 4.96. The number of carbonyl (C=O) groups excluding carboxylic acids is 1. The van der Waals surface area contributed by atoms with Crippen molar-refractivity contribution in [3.63, 3.8) is 0 Å². The number of nitrogens with zero attached hydrogens (tertiary/aromatic N) is 3. The fourth-order valence-electron chi connectivity index (χ4n) is 4.67. The molecule has 0 aliphatic carbocycles. The van der Waals surface area contributed by atoms with Gasteiger partial charge >= 0.3 is 0 Å². The molecule has 1 fully saturated rings. The smallest absolute Gasteiger partial charge is 0.250 e. The molecule has 10 heteroatoms. The van der Waals surface area contributed by atoms with Crippen LogP contribution in [-0.2, 0) is 9.53 Å². The van der Waals surface area contributed by atoms with Gasteiger partial charge in [0.25, 0.3) is 0 Å². The molecule has 194 valence electrons. The zero-order valence-electron chi connectivity index (χ0n) is 20.8. The maximum atomic E-state index is 13.7. The zero-order chi connectivity index (χ0) is 26.6. The monoisotopic (exact) mass is 531 g/mol. The lowest BCUT2D eigenvalue weighted by Gasteiger charge is -2.29. The van der Waals surface area contributed by atoms with E-state index < -0.39 is 0 Å². The van der Waals surface area contributed by atoms with Gasteiger partial charge in [0, 0.05) is 36.6 Å². The normalized spacial score (nSPS) is 16.8. The van der Waals surface area contributed by atoms with E-state index in [0.717, 1.165) is 22.8 Å². The molecule has 2 N–H and O–H groups in total. The average molecular weight is 532 g/mol. The molecule has 0 unspecified atom stereocenters. The van der Waals surface area contributed by atoms with E-state index >= 15 is 0 Å². The number of halogens is 1. The van der Waals surface area contributed by atoms with E-state index in [1.54, 1.807) is 31.5 Å². The number of hydrogen-bond donors (Lipinski definition) is 2. The maximum Gasteiger partial charge on any atom is 0.250 e. The van der Waals surface area contributed by atoms with E-state index in [1.807, 2.05) is 58.1 Å². The molecule has 2 atom stereocenters. The van der Waals surface area contributed by atoms with Gasteiger partial charge < -0.3 is 29.6 Å². The maximum absolute atomic E-state index is 13.7. The molecule has 1 amide bonds. The average Bonchev–Trinajstić information content (AvgIpc) is 3.54. The van der Waals surface area contributed by atoms with Gasteiger partial charge in [-0.15, -0.1) is 0 Å². The van der Waals surface area contributed by atoms with Crippen molar-refractivity contribution in [2.45, 2.75) is 12.1 Å². The third-order valence-corrected chi connectivity index (χ3v) is 6.61. The number of pyridine rings is 1. The van der Waals surface area contributed by atoms with Crippen LogP contribution in [0, 0.1) is 5.82 Å². The van der Waals surface area contributed by atoms with Crippen molar-refractivity contribution in [2.24, 2.45) is 0 Å².